The molecule has 2 aromatic carbocycles. The van der Waals surface area contributed by atoms with Crippen molar-refractivity contribution in [1.82, 2.24) is 5.32 Å². The summed E-state index contributed by atoms with van der Waals surface area (Å²) in [5.41, 5.74) is 2.55. The lowest BCUT2D eigenvalue weighted by Crippen LogP contribution is -2.47. The normalized spacial score (nSPS) is 22.8. The van der Waals surface area contributed by atoms with Crippen LogP contribution in [-0.4, -0.2) is 62.7 Å². The molecule has 4 rings (SSSR count). The van der Waals surface area contributed by atoms with E-state index in [2.05, 4.69) is 10.6 Å². The third-order valence-electron chi connectivity index (χ3n) is 6.12. The molecule has 4 atom stereocenters. The van der Waals surface area contributed by atoms with Crippen LogP contribution in [0.2, 0.25) is 0 Å². The highest BCUT2D eigenvalue weighted by molar-refractivity contribution is 5.92. The fourth-order valence-corrected chi connectivity index (χ4v) is 4.52. The number of carbonyl (C=O) groups excluding carboxylic acids is 2. The summed E-state index contributed by atoms with van der Waals surface area (Å²) in [5, 5.41) is 15.6. The maximum absolute atomic E-state index is 12.6. The summed E-state index contributed by atoms with van der Waals surface area (Å²) < 4.78 is 22.1. The predicted molar refractivity (Wildman–Crippen MR) is 124 cm³/mol. The maximum Gasteiger partial charge on any atom is 0.250 e. The van der Waals surface area contributed by atoms with Gasteiger partial charge in [0, 0.05) is 30.8 Å². The minimum absolute atomic E-state index is 0.0340. The first-order valence-electron chi connectivity index (χ1n) is 11.3. The fourth-order valence-electron chi connectivity index (χ4n) is 4.52. The van der Waals surface area contributed by atoms with Crippen LogP contribution in [0.15, 0.2) is 42.5 Å². The van der Waals surface area contributed by atoms with Crippen molar-refractivity contribution in [1.29, 1.82) is 0 Å². The van der Waals surface area contributed by atoms with Gasteiger partial charge in [0.1, 0.15) is 30.3 Å². The lowest BCUT2D eigenvalue weighted by Gasteiger charge is -2.37. The number of ether oxygens (including phenoxy) is 4. The Bertz CT molecular complexity index is 1010. The molecule has 182 valence electrons. The number of aliphatic hydroxyl groups is 1. The van der Waals surface area contributed by atoms with Crippen molar-refractivity contribution in [3.63, 3.8) is 0 Å². The number of aliphatic hydroxyl groups excluding tert-OH is 1. The Balaban J connectivity index is 1.39. The molecule has 1 saturated heterocycles. The molecule has 3 N–H and O–H groups in total. The monoisotopic (exact) mass is 470 g/mol. The van der Waals surface area contributed by atoms with Crippen LogP contribution < -0.4 is 20.1 Å². The molecule has 1 fully saturated rings. The molecule has 2 aliphatic heterocycles. The van der Waals surface area contributed by atoms with E-state index in [1.165, 1.54) is 7.11 Å². The second-order valence-corrected chi connectivity index (χ2v) is 8.47. The Labute approximate surface area is 198 Å². The van der Waals surface area contributed by atoms with E-state index >= 15 is 0 Å². The molecule has 9 heteroatoms. The molecule has 0 saturated carbocycles. The number of nitrogens with one attached hydrogen (secondary N) is 2. The van der Waals surface area contributed by atoms with Gasteiger partial charge in [-0.3, -0.25) is 9.59 Å². The third-order valence-corrected chi connectivity index (χ3v) is 6.12. The first-order chi connectivity index (χ1) is 16.5. The van der Waals surface area contributed by atoms with Crippen molar-refractivity contribution in [2.24, 2.45) is 0 Å². The lowest BCUT2D eigenvalue weighted by molar-refractivity contribution is -0.142. The van der Waals surface area contributed by atoms with E-state index in [0.717, 1.165) is 16.9 Å². The summed E-state index contributed by atoms with van der Waals surface area (Å²) in [7, 11) is 3.07. The largest absolute Gasteiger partial charge is 0.497 e. The first kappa shape index (κ1) is 24.0. The van der Waals surface area contributed by atoms with Crippen LogP contribution in [-0.2, 0) is 25.6 Å². The van der Waals surface area contributed by atoms with Gasteiger partial charge in [0.2, 0.25) is 11.8 Å². The zero-order valence-electron chi connectivity index (χ0n) is 19.3. The number of benzene rings is 2. The molecule has 0 aliphatic carbocycles. The minimum atomic E-state index is -0.544. The first-order valence-corrected chi connectivity index (χ1v) is 11.3. The highest BCUT2D eigenvalue weighted by Crippen LogP contribution is 2.47. The van der Waals surface area contributed by atoms with Crippen molar-refractivity contribution in [2.75, 3.05) is 32.8 Å². The van der Waals surface area contributed by atoms with Gasteiger partial charge < -0.3 is 34.7 Å². The van der Waals surface area contributed by atoms with Gasteiger partial charge in [-0.25, -0.2) is 0 Å². The van der Waals surface area contributed by atoms with E-state index in [1.54, 1.807) is 19.2 Å². The Kier molecular flexibility index (Phi) is 7.66. The Morgan fingerprint density at radius 2 is 1.91 bits per heavy atom. The van der Waals surface area contributed by atoms with Crippen molar-refractivity contribution in [3.05, 3.63) is 53.6 Å². The summed E-state index contributed by atoms with van der Waals surface area (Å²) in [6.07, 6.45) is -0.508. The number of hydrogen-bond donors (Lipinski definition) is 3. The van der Waals surface area contributed by atoms with Crippen molar-refractivity contribution >= 4 is 17.5 Å². The van der Waals surface area contributed by atoms with Crippen LogP contribution in [0.3, 0.4) is 0 Å². The summed E-state index contributed by atoms with van der Waals surface area (Å²) in [6.45, 7) is 0.159. The van der Waals surface area contributed by atoms with E-state index in [9.17, 15) is 14.7 Å². The third kappa shape index (κ3) is 5.49. The Morgan fingerprint density at radius 1 is 1.12 bits per heavy atom. The number of hydrogen-bond acceptors (Lipinski definition) is 7. The SMILES string of the molecule is COCC(=O)Nc1ccc2c(c1)[C@@H]1C[C@@H](CC(=O)NCc3ccc(OC)cc3)O[C@@H](CO)[C@@H]1O2. The Morgan fingerprint density at radius 3 is 2.62 bits per heavy atom. The zero-order valence-corrected chi connectivity index (χ0v) is 19.3. The van der Waals surface area contributed by atoms with Gasteiger partial charge in [-0.2, -0.15) is 0 Å². The molecule has 2 aliphatic rings. The van der Waals surface area contributed by atoms with Gasteiger partial charge >= 0.3 is 0 Å². The zero-order chi connectivity index (χ0) is 24.1. The van der Waals surface area contributed by atoms with Gasteiger partial charge in [0.15, 0.2) is 0 Å². The molecule has 9 nitrogen and oxygen atoms in total. The van der Waals surface area contributed by atoms with E-state index in [4.69, 9.17) is 18.9 Å². The number of rotatable bonds is 9. The van der Waals surface area contributed by atoms with Crippen LogP contribution in [0.4, 0.5) is 5.69 Å². The van der Waals surface area contributed by atoms with Crippen LogP contribution in [0.1, 0.15) is 29.9 Å². The molecule has 0 unspecified atom stereocenters. The Hall–Kier alpha value is -3.14. The van der Waals surface area contributed by atoms with E-state index in [0.29, 0.717) is 24.4 Å². The lowest BCUT2D eigenvalue weighted by atomic mass is 9.84. The number of fused-ring (bicyclic) bond motifs is 3. The highest BCUT2D eigenvalue weighted by atomic mass is 16.6. The van der Waals surface area contributed by atoms with Gasteiger partial charge in [0.25, 0.3) is 0 Å². The number of methoxy groups -OCH3 is 2. The summed E-state index contributed by atoms with van der Waals surface area (Å²) in [5.74, 6) is 1.03. The summed E-state index contributed by atoms with van der Waals surface area (Å²) in [6, 6.07) is 13.0. The topological polar surface area (TPSA) is 115 Å². The van der Waals surface area contributed by atoms with E-state index in [-0.39, 0.29) is 49.6 Å². The van der Waals surface area contributed by atoms with Crippen LogP contribution in [0.25, 0.3) is 0 Å². The van der Waals surface area contributed by atoms with Crippen molar-refractivity contribution < 1.29 is 33.6 Å². The number of amides is 2. The second-order valence-electron chi connectivity index (χ2n) is 8.47. The van der Waals surface area contributed by atoms with Gasteiger partial charge in [-0.1, -0.05) is 12.1 Å². The quantitative estimate of drug-likeness (QED) is 0.513. The van der Waals surface area contributed by atoms with Crippen LogP contribution in [0, 0.1) is 0 Å². The smallest absolute Gasteiger partial charge is 0.250 e. The molecule has 34 heavy (non-hydrogen) atoms. The molecule has 0 spiro atoms. The van der Waals surface area contributed by atoms with Crippen molar-refractivity contribution in [2.45, 2.75) is 43.6 Å². The predicted octanol–water partition coefficient (Wildman–Crippen LogP) is 1.98. The summed E-state index contributed by atoms with van der Waals surface area (Å²) >= 11 is 0. The fraction of sp³-hybridized carbons (Fsp3) is 0.440. The van der Waals surface area contributed by atoms with Gasteiger partial charge in [-0.05, 0) is 42.3 Å². The van der Waals surface area contributed by atoms with Gasteiger partial charge in [-0.15, -0.1) is 0 Å². The average molecular weight is 471 g/mol. The molecule has 2 heterocycles. The number of anilines is 1. The van der Waals surface area contributed by atoms with Crippen molar-refractivity contribution in [3.8, 4) is 11.5 Å². The molecule has 0 bridgehead atoms. The standard InChI is InChI=1S/C25H30N2O7/c1-31-14-24(30)27-16-5-8-21-19(9-16)20-10-18(33-22(13-28)25(20)34-21)11-23(29)26-12-15-3-6-17(32-2)7-4-15/h3-9,18,20,22,25,28H,10-14H2,1-2H3,(H,26,29)(H,27,30)/t18-,20-,22-,25+/m0/s1. The molecule has 0 aromatic heterocycles. The highest BCUT2D eigenvalue weighted by Gasteiger charge is 2.46. The van der Waals surface area contributed by atoms with Crippen LogP contribution >= 0.6 is 0 Å². The minimum Gasteiger partial charge on any atom is -0.497 e. The molecular formula is C25H30N2O7. The van der Waals surface area contributed by atoms with Crippen LogP contribution in [0.5, 0.6) is 11.5 Å². The average Bonchev–Trinajstić information content (AvgIpc) is 3.20. The summed E-state index contributed by atoms with van der Waals surface area (Å²) in [4.78, 5) is 24.5. The molecule has 0 radical (unpaired) electrons. The molecular weight excluding hydrogens is 440 g/mol. The van der Waals surface area contributed by atoms with Gasteiger partial charge in [0.05, 0.1) is 26.2 Å². The molecule has 2 aromatic rings. The maximum atomic E-state index is 12.6. The van der Waals surface area contributed by atoms with E-state index in [1.807, 2.05) is 30.3 Å². The van der Waals surface area contributed by atoms with E-state index < -0.39 is 6.10 Å². The second kappa shape index (κ2) is 10.9. The molecule has 2 amide bonds. The number of carbonyl (C=O) groups is 2.